The number of nitrogens with zero attached hydrogens (tertiary/aromatic N) is 2. The second kappa shape index (κ2) is 8.59. The number of aromatic nitrogens is 1. The molecule has 31 heavy (non-hydrogen) atoms. The van der Waals surface area contributed by atoms with Gasteiger partial charge in [-0.1, -0.05) is 43.5 Å². The molecular formula is C26H31FN2OS. The third kappa shape index (κ3) is 3.91. The van der Waals surface area contributed by atoms with E-state index < -0.39 is 11.0 Å². The van der Waals surface area contributed by atoms with Crippen molar-refractivity contribution in [2.24, 2.45) is 23.7 Å². The zero-order valence-corrected chi connectivity index (χ0v) is 19.1. The number of fused-ring (bicyclic) bond motifs is 2. The minimum absolute atomic E-state index is 0.204. The molecule has 2 aromatic rings. The van der Waals surface area contributed by atoms with Gasteiger partial charge in [0.25, 0.3) is 0 Å². The van der Waals surface area contributed by atoms with E-state index in [-0.39, 0.29) is 11.1 Å². The summed E-state index contributed by atoms with van der Waals surface area (Å²) in [6.07, 6.45) is 12.8. The van der Waals surface area contributed by atoms with Gasteiger partial charge in [0.05, 0.1) is 21.9 Å². The molecule has 2 aliphatic carbocycles. The third-order valence-electron chi connectivity index (χ3n) is 7.94. The molecule has 0 spiro atoms. The van der Waals surface area contributed by atoms with E-state index in [0.717, 1.165) is 22.7 Å². The number of halogens is 1. The molecule has 3 fully saturated rings. The summed E-state index contributed by atoms with van der Waals surface area (Å²) in [6, 6.07) is 11.1. The zero-order chi connectivity index (χ0) is 21.5. The predicted molar refractivity (Wildman–Crippen MR) is 125 cm³/mol. The second-order valence-corrected chi connectivity index (χ2v) is 11.4. The Morgan fingerprint density at radius 3 is 2.77 bits per heavy atom. The van der Waals surface area contributed by atoms with Crippen LogP contribution in [0.1, 0.15) is 44.7 Å². The van der Waals surface area contributed by atoms with Gasteiger partial charge in [-0.05, 0) is 73.3 Å². The first-order chi connectivity index (χ1) is 15.0. The standard InChI is InChI=1S/C26H31FN2OS/c1-17-26-24(23-9-4-3-6-19(23)15-25(26)29(2)31(17)30)13-12-22-11-10-20(16-28-22)18-7-5-8-21(27)14-18/h5,7-8,10-14,16-17,19,23-26H,3-4,6,9,15H2,1-2H3/b13-12+. The van der Waals surface area contributed by atoms with Crippen LogP contribution >= 0.6 is 0 Å². The van der Waals surface area contributed by atoms with Gasteiger partial charge in [-0.2, -0.15) is 0 Å². The molecule has 3 nitrogen and oxygen atoms in total. The van der Waals surface area contributed by atoms with Crippen LogP contribution < -0.4 is 0 Å². The lowest BCUT2D eigenvalue weighted by atomic mass is 9.59. The van der Waals surface area contributed by atoms with Crippen LogP contribution in [0.3, 0.4) is 0 Å². The number of hydrogen-bond acceptors (Lipinski definition) is 2. The van der Waals surface area contributed by atoms with Crippen molar-refractivity contribution in [1.82, 2.24) is 9.29 Å². The normalized spacial score (nSPS) is 35.8. The summed E-state index contributed by atoms with van der Waals surface area (Å²) in [7, 11) is 1.16. The SMILES string of the molecule is CC1C2C(/C=C/c3ccc(-c4cccc(F)c4)cn3)C3CCCCC3CC2N(C)S1=O. The molecule has 0 radical (unpaired) electrons. The van der Waals surface area contributed by atoms with Crippen molar-refractivity contribution in [2.45, 2.75) is 50.3 Å². The molecule has 0 amide bonds. The number of allylic oxidation sites excluding steroid dienone is 1. The first-order valence-electron chi connectivity index (χ1n) is 11.6. The van der Waals surface area contributed by atoms with E-state index >= 15 is 0 Å². The molecule has 1 aromatic carbocycles. The quantitative estimate of drug-likeness (QED) is 0.615. The Bertz CT molecular complexity index is 991. The van der Waals surface area contributed by atoms with Gasteiger partial charge in [-0.25, -0.2) is 12.9 Å². The summed E-state index contributed by atoms with van der Waals surface area (Å²) in [6.45, 7) is 2.17. The van der Waals surface area contributed by atoms with Gasteiger partial charge in [-0.3, -0.25) is 4.98 Å². The summed E-state index contributed by atoms with van der Waals surface area (Å²) in [5.41, 5.74) is 2.69. The van der Waals surface area contributed by atoms with Gasteiger partial charge in [0.2, 0.25) is 0 Å². The number of hydrogen-bond donors (Lipinski definition) is 0. The Morgan fingerprint density at radius 1 is 1.16 bits per heavy atom. The molecule has 1 saturated heterocycles. The summed E-state index contributed by atoms with van der Waals surface area (Å²) in [5, 5.41) is 0.204. The Hall–Kier alpha value is -1.85. The lowest BCUT2D eigenvalue weighted by Gasteiger charge is -2.47. The fraction of sp³-hybridized carbons (Fsp3) is 0.500. The van der Waals surface area contributed by atoms with Crippen molar-refractivity contribution in [3.63, 3.8) is 0 Å². The van der Waals surface area contributed by atoms with E-state index in [1.165, 1.54) is 44.2 Å². The van der Waals surface area contributed by atoms with Crippen molar-refractivity contribution >= 4 is 17.1 Å². The topological polar surface area (TPSA) is 33.2 Å². The predicted octanol–water partition coefficient (Wildman–Crippen LogP) is 5.71. The summed E-state index contributed by atoms with van der Waals surface area (Å²) >= 11 is 0. The van der Waals surface area contributed by atoms with Gasteiger partial charge in [0, 0.05) is 24.8 Å². The summed E-state index contributed by atoms with van der Waals surface area (Å²) < 4.78 is 28.5. The van der Waals surface area contributed by atoms with Crippen molar-refractivity contribution < 1.29 is 8.60 Å². The van der Waals surface area contributed by atoms with E-state index in [1.54, 1.807) is 6.07 Å². The highest BCUT2D eigenvalue weighted by Gasteiger charge is 2.53. The average Bonchev–Trinajstić information content (AvgIpc) is 3.01. The minimum atomic E-state index is -0.888. The molecule has 1 aliphatic heterocycles. The van der Waals surface area contributed by atoms with E-state index in [9.17, 15) is 8.60 Å². The van der Waals surface area contributed by atoms with Crippen LogP contribution in [0.2, 0.25) is 0 Å². The van der Waals surface area contributed by atoms with E-state index in [2.05, 4.69) is 28.4 Å². The maximum atomic E-state index is 13.5. The molecule has 0 N–H and O–H groups in total. The van der Waals surface area contributed by atoms with Crippen molar-refractivity contribution in [3.05, 3.63) is 60.2 Å². The third-order valence-corrected chi connectivity index (χ3v) is 9.73. The summed E-state index contributed by atoms with van der Waals surface area (Å²) in [4.78, 5) is 4.63. The Labute approximate surface area is 187 Å². The van der Waals surface area contributed by atoms with Crippen LogP contribution in [0.5, 0.6) is 0 Å². The van der Waals surface area contributed by atoms with Crippen LogP contribution in [0.4, 0.5) is 4.39 Å². The zero-order valence-electron chi connectivity index (χ0n) is 18.3. The van der Waals surface area contributed by atoms with Crippen LogP contribution in [-0.2, 0) is 11.0 Å². The van der Waals surface area contributed by atoms with Crippen LogP contribution in [0.25, 0.3) is 17.2 Å². The number of pyridine rings is 1. The number of rotatable bonds is 3. The molecule has 7 unspecified atom stereocenters. The minimum Gasteiger partial charge on any atom is -0.256 e. The molecule has 1 aromatic heterocycles. The van der Waals surface area contributed by atoms with E-state index in [1.807, 2.05) is 31.4 Å². The van der Waals surface area contributed by atoms with Gasteiger partial charge < -0.3 is 0 Å². The monoisotopic (exact) mass is 438 g/mol. The Morgan fingerprint density at radius 2 is 2.00 bits per heavy atom. The highest BCUT2D eigenvalue weighted by molar-refractivity contribution is 7.83. The lowest BCUT2D eigenvalue weighted by Crippen LogP contribution is -2.46. The molecule has 5 rings (SSSR count). The van der Waals surface area contributed by atoms with Crippen molar-refractivity contribution in [2.75, 3.05) is 7.05 Å². The highest BCUT2D eigenvalue weighted by atomic mass is 32.2. The molecular weight excluding hydrogens is 407 g/mol. The highest BCUT2D eigenvalue weighted by Crippen LogP contribution is 2.52. The van der Waals surface area contributed by atoms with Crippen LogP contribution in [0, 0.1) is 29.5 Å². The Kier molecular flexibility index (Phi) is 5.82. The molecule has 5 heteroatoms. The molecule has 164 valence electrons. The van der Waals surface area contributed by atoms with Gasteiger partial charge in [0.1, 0.15) is 5.82 Å². The molecule has 2 saturated carbocycles. The van der Waals surface area contributed by atoms with Crippen molar-refractivity contribution in [1.29, 1.82) is 0 Å². The first kappa shape index (κ1) is 21.0. The maximum Gasteiger partial charge on any atom is 0.123 e. The van der Waals surface area contributed by atoms with Crippen LogP contribution in [-0.4, -0.2) is 31.8 Å². The van der Waals surface area contributed by atoms with E-state index in [4.69, 9.17) is 0 Å². The van der Waals surface area contributed by atoms with Gasteiger partial charge in [0.15, 0.2) is 0 Å². The molecule has 0 bridgehead atoms. The largest absolute Gasteiger partial charge is 0.256 e. The van der Waals surface area contributed by atoms with E-state index in [0.29, 0.717) is 23.8 Å². The fourth-order valence-electron chi connectivity index (χ4n) is 6.42. The smallest absolute Gasteiger partial charge is 0.123 e. The summed E-state index contributed by atoms with van der Waals surface area (Å²) in [5.74, 6) is 2.12. The van der Waals surface area contributed by atoms with Crippen molar-refractivity contribution in [3.8, 4) is 11.1 Å². The maximum absolute atomic E-state index is 13.5. The lowest BCUT2D eigenvalue weighted by molar-refractivity contribution is 0.0459. The molecule has 3 aliphatic rings. The van der Waals surface area contributed by atoms with Gasteiger partial charge in [-0.15, -0.1) is 0 Å². The molecule has 7 atom stereocenters. The fourth-order valence-corrected chi connectivity index (χ4v) is 8.06. The number of benzene rings is 1. The average molecular weight is 439 g/mol. The molecule has 2 heterocycles. The Balaban J connectivity index is 1.40. The van der Waals surface area contributed by atoms with Gasteiger partial charge >= 0.3 is 0 Å². The van der Waals surface area contributed by atoms with Crippen LogP contribution in [0.15, 0.2) is 48.7 Å². The second-order valence-electron chi connectivity index (χ2n) is 9.53. The first-order valence-corrected chi connectivity index (χ1v) is 12.7.